The van der Waals surface area contributed by atoms with E-state index in [0.29, 0.717) is 45.7 Å². The third-order valence-corrected chi connectivity index (χ3v) is 9.44. The number of ether oxygens (including phenoxy) is 1. The summed E-state index contributed by atoms with van der Waals surface area (Å²) in [5.41, 5.74) is 2.69. The van der Waals surface area contributed by atoms with Crippen LogP contribution in [0.15, 0.2) is 36.5 Å². The van der Waals surface area contributed by atoms with Gasteiger partial charge in [0.1, 0.15) is 11.4 Å². The van der Waals surface area contributed by atoms with E-state index in [2.05, 4.69) is 25.7 Å². The lowest BCUT2D eigenvalue weighted by molar-refractivity contribution is -0.139. The second-order valence-corrected chi connectivity index (χ2v) is 15.0. The number of hydrogen-bond donors (Lipinski definition) is 0. The quantitative estimate of drug-likeness (QED) is 0.475. The molecule has 2 fully saturated rings. The summed E-state index contributed by atoms with van der Waals surface area (Å²) in [6.07, 6.45) is 2.01. The van der Waals surface area contributed by atoms with Crippen molar-refractivity contribution in [1.29, 1.82) is 0 Å². The monoisotopic (exact) mass is 636 g/mol. The average Bonchev–Trinajstić information content (AvgIpc) is 3.23. The lowest BCUT2D eigenvalue weighted by atomic mass is 9.88. The van der Waals surface area contributed by atoms with Gasteiger partial charge in [0.15, 0.2) is 0 Å². The topological polar surface area (TPSA) is 89.5 Å². The molecule has 0 spiro atoms. The van der Waals surface area contributed by atoms with Crippen LogP contribution in [0.2, 0.25) is 0 Å². The second kappa shape index (κ2) is 12.9. The minimum absolute atomic E-state index is 0.0354. The summed E-state index contributed by atoms with van der Waals surface area (Å²) in [6, 6.07) is 8.15. The maximum atomic E-state index is 14.2. The highest BCUT2D eigenvalue weighted by atomic mass is 19.1. The highest BCUT2D eigenvalue weighted by Crippen LogP contribution is 2.40. The third-order valence-electron chi connectivity index (χ3n) is 9.44. The zero-order valence-electron chi connectivity index (χ0n) is 28.5. The van der Waals surface area contributed by atoms with Gasteiger partial charge in [-0.25, -0.2) is 9.18 Å². The van der Waals surface area contributed by atoms with Crippen molar-refractivity contribution in [2.45, 2.75) is 84.0 Å². The molecule has 2 saturated heterocycles. The first-order chi connectivity index (χ1) is 21.5. The van der Waals surface area contributed by atoms with E-state index in [0.717, 1.165) is 22.5 Å². The van der Waals surface area contributed by atoms with Crippen LogP contribution in [0.5, 0.6) is 0 Å². The summed E-state index contributed by atoms with van der Waals surface area (Å²) in [5, 5.41) is 0. The van der Waals surface area contributed by atoms with Crippen LogP contribution in [-0.2, 0) is 26.2 Å². The first kappa shape index (κ1) is 33.8. The molecule has 46 heavy (non-hydrogen) atoms. The molecule has 2 aromatic rings. The van der Waals surface area contributed by atoms with Crippen molar-refractivity contribution >= 4 is 23.6 Å². The fourth-order valence-corrected chi connectivity index (χ4v) is 6.70. The van der Waals surface area contributed by atoms with E-state index in [-0.39, 0.29) is 53.8 Å². The van der Waals surface area contributed by atoms with Crippen molar-refractivity contribution in [3.63, 3.8) is 0 Å². The standard InChI is InChI=1S/C35H49FN6O4/c1-23-16-40(31(43)20-38(23)8)18-28-19-41(33(45)46-34(3,4)5)24(2)17-39(28)21-32(44)42-22-35(6,7)29-15-37-27(14-30(29)42)13-25-9-11-26(36)12-10-25/h9-12,14-15,23-24,28H,13,16-22H2,1-8H3/t23?,24-,28+/m1/s1. The Morgan fingerprint density at radius 1 is 1.07 bits per heavy atom. The number of rotatable bonds is 6. The Morgan fingerprint density at radius 2 is 1.76 bits per heavy atom. The van der Waals surface area contributed by atoms with Gasteiger partial charge in [-0.3, -0.25) is 24.4 Å². The van der Waals surface area contributed by atoms with E-state index in [4.69, 9.17) is 9.72 Å². The molecule has 5 rings (SSSR count). The lowest BCUT2D eigenvalue weighted by Gasteiger charge is -2.47. The van der Waals surface area contributed by atoms with Crippen LogP contribution in [0.25, 0.3) is 0 Å². The van der Waals surface area contributed by atoms with Crippen molar-refractivity contribution in [1.82, 2.24) is 24.6 Å². The molecule has 1 unspecified atom stereocenters. The number of halogens is 1. The van der Waals surface area contributed by atoms with Gasteiger partial charge in [-0.15, -0.1) is 0 Å². The van der Waals surface area contributed by atoms with Crippen molar-refractivity contribution < 1.29 is 23.5 Å². The molecular formula is C35H49FN6O4. The van der Waals surface area contributed by atoms with Gasteiger partial charge in [0.25, 0.3) is 0 Å². The molecule has 10 nitrogen and oxygen atoms in total. The molecule has 250 valence electrons. The van der Waals surface area contributed by atoms with E-state index in [9.17, 15) is 18.8 Å². The first-order valence-corrected chi connectivity index (χ1v) is 16.3. The molecule has 1 aromatic carbocycles. The number of fused-ring (bicyclic) bond motifs is 1. The SMILES string of the molecule is CC1CN(C[C@H]2CN(C(=O)OC(C)(C)C)[C@H](C)CN2CC(=O)N2CC(C)(C)c3cnc(Cc4ccc(F)cc4)cc32)C(=O)CN1C. The molecule has 1 aromatic heterocycles. The number of likely N-dealkylation sites (N-methyl/N-ethyl adjacent to an activating group) is 1. The van der Waals surface area contributed by atoms with E-state index >= 15 is 0 Å². The first-order valence-electron chi connectivity index (χ1n) is 16.3. The van der Waals surface area contributed by atoms with Crippen LogP contribution in [0.4, 0.5) is 14.9 Å². The Labute approximate surface area is 272 Å². The second-order valence-electron chi connectivity index (χ2n) is 15.0. The Kier molecular flexibility index (Phi) is 9.48. The molecule has 3 amide bonds. The minimum atomic E-state index is -0.636. The number of benzene rings is 1. The molecule has 3 aliphatic rings. The molecule has 0 radical (unpaired) electrons. The van der Waals surface area contributed by atoms with Gasteiger partial charge in [0.05, 0.1) is 18.8 Å². The minimum Gasteiger partial charge on any atom is -0.444 e. The zero-order chi connectivity index (χ0) is 33.6. The number of carbonyl (C=O) groups is 3. The molecule has 3 aliphatic heterocycles. The molecule has 3 atom stereocenters. The van der Waals surface area contributed by atoms with Crippen LogP contribution >= 0.6 is 0 Å². The molecule has 4 heterocycles. The largest absolute Gasteiger partial charge is 0.444 e. The molecule has 0 N–H and O–H groups in total. The lowest BCUT2D eigenvalue weighted by Crippen LogP contribution is -2.65. The smallest absolute Gasteiger partial charge is 0.410 e. The van der Waals surface area contributed by atoms with Gasteiger partial charge in [-0.05, 0) is 65.4 Å². The Bertz CT molecular complexity index is 1460. The number of hydrogen-bond acceptors (Lipinski definition) is 7. The average molecular weight is 637 g/mol. The van der Waals surface area contributed by atoms with Crippen LogP contribution in [0.3, 0.4) is 0 Å². The van der Waals surface area contributed by atoms with Gasteiger partial charge >= 0.3 is 6.09 Å². The molecular weight excluding hydrogens is 587 g/mol. The fraction of sp³-hybridized carbons (Fsp3) is 0.600. The summed E-state index contributed by atoms with van der Waals surface area (Å²) < 4.78 is 19.2. The van der Waals surface area contributed by atoms with Gasteiger partial charge in [-0.2, -0.15) is 0 Å². The van der Waals surface area contributed by atoms with E-state index in [1.807, 2.05) is 61.7 Å². The third kappa shape index (κ3) is 7.52. The highest BCUT2D eigenvalue weighted by Gasteiger charge is 2.42. The van der Waals surface area contributed by atoms with Crippen molar-refractivity contribution in [2.24, 2.45) is 0 Å². The number of anilines is 1. The van der Waals surface area contributed by atoms with Crippen molar-refractivity contribution in [2.75, 3.05) is 57.8 Å². The van der Waals surface area contributed by atoms with Crippen LogP contribution in [0.1, 0.15) is 65.3 Å². The maximum absolute atomic E-state index is 14.2. The number of aromatic nitrogens is 1. The van der Waals surface area contributed by atoms with Crippen LogP contribution in [0, 0.1) is 5.82 Å². The van der Waals surface area contributed by atoms with Crippen molar-refractivity contribution in [3.05, 3.63) is 59.2 Å². The number of piperazine rings is 2. The van der Waals surface area contributed by atoms with Gasteiger partial charge in [0.2, 0.25) is 11.8 Å². The number of amides is 3. The molecule has 11 heteroatoms. The van der Waals surface area contributed by atoms with Gasteiger partial charge < -0.3 is 19.4 Å². The van der Waals surface area contributed by atoms with Gasteiger partial charge in [-0.1, -0.05) is 26.0 Å². The molecule has 0 saturated carbocycles. The number of nitrogens with zero attached hydrogens (tertiary/aromatic N) is 6. The van der Waals surface area contributed by atoms with Gasteiger partial charge in [0, 0.05) is 80.1 Å². The van der Waals surface area contributed by atoms with E-state index in [1.54, 1.807) is 17.0 Å². The fourth-order valence-electron chi connectivity index (χ4n) is 6.70. The predicted octanol–water partition coefficient (Wildman–Crippen LogP) is 3.91. The predicted molar refractivity (Wildman–Crippen MR) is 175 cm³/mol. The van der Waals surface area contributed by atoms with Crippen LogP contribution in [-0.4, -0.2) is 119 Å². The molecule has 0 aliphatic carbocycles. The Hall–Kier alpha value is -3.57. The normalized spacial score (nSPS) is 23.9. The zero-order valence-corrected chi connectivity index (χ0v) is 28.5. The highest BCUT2D eigenvalue weighted by molar-refractivity contribution is 5.97. The van der Waals surface area contributed by atoms with Crippen LogP contribution < -0.4 is 4.90 Å². The summed E-state index contributed by atoms with van der Waals surface area (Å²) in [6.45, 7) is 16.7. The van der Waals surface area contributed by atoms with E-state index in [1.165, 1.54) is 12.1 Å². The Morgan fingerprint density at radius 3 is 2.43 bits per heavy atom. The number of pyridine rings is 1. The Balaban J connectivity index is 1.37. The summed E-state index contributed by atoms with van der Waals surface area (Å²) in [4.78, 5) is 54.9. The summed E-state index contributed by atoms with van der Waals surface area (Å²) in [5.74, 6) is -0.271. The molecule has 0 bridgehead atoms. The maximum Gasteiger partial charge on any atom is 0.410 e. The summed E-state index contributed by atoms with van der Waals surface area (Å²) in [7, 11) is 1.95. The van der Waals surface area contributed by atoms with Crippen molar-refractivity contribution in [3.8, 4) is 0 Å². The summed E-state index contributed by atoms with van der Waals surface area (Å²) >= 11 is 0. The number of carbonyl (C=O) groups excluding carboxylic acids is 3. The van der Waals surface area contributed by atoms with E-state index < -0.39 is 5.60 Å².